The average Bonchev–Trinajstić information content (AvgIpc) is 3.40. The van der Waals surface area contributed by atoms with Crippen molar-refractivity contribution in [2.24, 2.45) is 23.2 Å². The second kappa shape index (κ2) is 8.83. The van der Waals surface area contributed by atoms with Gasteiger partial charge in [-0.1, -0.05) is 19.8 Å². The van der Waals surface area contributed by atoms with E-state index in [2.05, 4.69) is 47.0 Å². The molecular weight excluding hydrogens is 425 g/mol. The van der Waals surface area contributed by atoms with Crippen LogP contribution in [0.3, 0.4) is 0 Å². The van der Waals surface area contributed by atoms with Crippen molar-refractivity contribution >= 4 is 22.5 Å². The molecule has 0 bridgehead atoms. The third-order valence-corrected chi connectivity index (χ3v) is 8.07. The van der Waals surface area contributed by atoms with Crippen LogP contribution in [0.5, 0.6) is 0 Å². The number of amides is 1. The minimum absolute atomic E-state index is 0.0424. The van der Waals surface area contributed by atoms with Crippen LogP contribution in [0.2, 0.25) is 0 Å². The first kappa shape index (κ1) is 22.5. The average molecular weight is 456 g/mol. The van der Waals surface area contributed by atoms with Crippen molar-refractivity contribution in [2.45, 2.75) is 52.4 Å². The van der Waals surface area contributed by atoms with E-state index in [0.29, 0.717) is 35.1 Å². The van der Waals surface area contributed by atoms with Crippen molar-refractivity contribution in [3.05, 3.63) is 65.9 Å². The van der Waals surface area contributed by atoms with Gasteiger partial charge >= 0.3 is 0 Å². The number of hydrogen-bond donors (Lipinski definition) is 1. The molecule has 2 heterocycles. The number of carbonyl (C=O) groups is 1. The maximum atomic E-state index is 13.9. The molecule has 2 aromatic heterocycles. The number of nitrogens with zero attached hydrogens (tertiary/aromatic N) is 2. The molecule has 4 nitrogen and oxygen atoms in total. The molecule has 1 aromatic carbocycles. The third-order valence-electron chi connectivity index (χ3n) is 8.07. The minimum atomic E-state index is -0.464. The smallest absolute Gasteiger partial charge is 0.230 e. The number of anilines is 1. The Morgan fingerprint density at radius 1 is 1.06 bits per heavy atom. The van der Waals surface area contributed by atoms with E-state index in [4.69, 9.17) is 0 Å². The second-order valence-electron chi connectivity index (χ2n) is 10.4. The summed E-state index contributed by atoms with van der Waals surface area (Å²) in [5.41, 5.74) is 3.01. The van der Waals surface area contributed by atoms with Gasteiger partial charge in [-0.15, -0.1) is 0 Å². The Labute approximate surface area is 200 Å². The van der Waals surface area contributed by atoms with Crippen LogP contribution < -0.4 is 5.32 Å². The number of hydrogen-bond acceptors (Lipinski definition) is 3. The van der Waals surface area contributed by atoms with Crippen molar-refractivity contribution in [1.29, 1.82) is 0 Å². The van der Waals surface area contributed by atoms with Crippen molar-refractivity contribution < 1.29 is 9.18 Å². The minimum Gasteiger partial charge on any atom is -0.324 e. The van der Waals surface area contributed by atoms with Crippen LogP contribution in [0.1, 0.15) is 63.6 Å². The van der Waals surface area contributed by atoms with E-state index in [1.807, 2.05) is 18.3 Å². The standard InChI is InChI=1S/C29H30FN3O/c1-4-5-23-7-8-24(17-32-23)33-28(34)29(2,3)21-14-18-12-20(13-19(18)15-21)25-10-11-31-27-9-6-22(30)16-26(25)27/h6-11,16-21H,12-15H2,1-3H3,(H,33,34). The number of rotatable bonds is 4. The molecular formula is C29H30FN3O. The summed E-state index contributed by atoms with van der Waals surface area (Å²) in [5.74, 6) is 7.55. The molecule has 2 aliphatic carbocycles. The van der Waals surface area contributed by atoms with Crippen molar-refractivity contribution in [3.63, 3.8) is 0 Å². The van der Waals surface area contributed by atoms with Crippen LogP contribution in [0.15, 0.2) is 48.8 Å². The van der Waals surface area contributed by atoms with Crippen molar-refractivity contribution in [3.8, 4) is 11.8 Å². The number of aromatic nitrogens is 2. The fraction of sp³-hybridized carbons (Fsp3) is 0.414. The number of halogens is 1. The van der Waals surface area contributed by atoms with E-state index in [0.717, 1.165) is 36.6 Å². The van der Waals surface area contributed by atoms with E-state index in [-0.39, 0.29) is 11.7 Å². The molecule has 3 aromatic rings. The molecule has 0 saturated heterocycles. The molecule has 0 spiro atoms. The number of carbonyl (C=O) groups excluding carboxylic acids is 1. The lowest BCUT2D eigenvalue weighted by atomic mass is 9.75. The Kier molecular flexibility index (Phi) is 5.85. The zero-order chi connectivity index (χ0) is 23.9. The lowest BCUT2D eigenvalue weighted by Crippen LogP contribution is -2.37. The van der Waals surface area contributed by atoms with Gasteiger partial charge in [-0.25, -0.2) is 9.37 Å². The first-order chi connectivity index (χ1) is 16.3. The molecule has 2 fully saturated rings. The van der Waals surface area contributed by atoms with Gasteiger partial charge < -0.3 is 5.32 Å². The van der Waals surface area contributed by atoms with Gasteiger partial charge in [-0.05, 0) is 104 Å². The summed E-state index contributed by atoms with van der Waals surface area (Å²) in [6.45, 7) is 5.90. The van der Waals surface area contributed by atoms with Gasteiger partial charge in [0.1, 0.15) is 11.5 Å². The van der Waals surface area contributed by atoms with Gasteiger partial charge in [0.2, 0.25) is 5.91 Å². The van der Waals surface area contributed by atoms with Gasteiger partial charge in [0.15, 0.2) is 0 Å². The highest BCUT2D eigenvalue weighted by atomic mass is 19.1. The number of nitrogens with one attached hydrogen (secondary N) is 1. The van der Waals surface area contributed by atoms with Crippen LogP contribution >= 0.6 is 0 Å². The largest absolute Gasteiger partial charge is 0.324 e. The lowest BCUT2D eigenvalue weighted by Gasteiger charge is -2.31. The van der Waals surface area contributed by atoms with Gasteiger partial charge in [0.25, 0.3) is 0 Å². The van der Waals surface area contributed by atoms with Gasteiger partial charge in [0.05, 0.1) is 17.4 Å². The molecule has 0 radical (unpaired) electrons. The molecule has 174 valence electrons. The fourth-order valence-corrected chi connectivity index (χ4v) is 6.10. The van der Waals surface area contributed by atoms with E-state index in [1.165, 1.54) is 11.6 Å². The molecule has 2 atom stereocenters. The monoisotopic (exact) mass is 455 g/mol. The molecule has 34 heavy (non-hydrogen) atoms. The van der Waals surface area contributed by atoms with E-state index in [9.17, 15) is 9.18 Å². The summed E-state index contributed by atoms with van der Waals surface area (Å²) in [5, 5.41) is 4.00. The molecule has 1 amide bonds. The molecule has 2 aliphatic rings. The highest BCUT2D eigenvalue weighted by molar-refractivity contribution is 5.95. The van der Waals surface area contributed by atoms with Crippen molar-refractivity contribution in [2.75, 3.05) is 5.32 Å². The first-order valence-electron chi connectivity index (χ1n) is 12.1. The molecule has 0 aliphatic heterocycles. The second-order valence-corrected chi connectivity index (χ2v) is 10.4. The summed E-state index contributed by atoms with van der Waals surface area (Å²) in [6, 6.07) is 10.6. The Hall–Kier alpha value is -3.26. The van der Waals surface area contributed by atoms with Gasteiger partial charge in [-0.3, -0.25) is 9.78 Å². The Morgan fingerprint density at radius 2 is 1.82 bits per heavy atom. The lowest BCUT2D eigenvalue weighted by molar-refractivity contribution is -0.126. The maximum Gasteiger partial charge on any atom is 0.230 e. The van der Waals surface area contributed by atoms with Crippen LogP contribution in [0, 0.1) is 40.8 Å². The molecule has 1 N–H and O–H groups in total. The topological polar surface area (TPSA) is 54.9 Å². The molecule has 2 saturated carbocycles. The number of benzene rings is 1. The predicted octanol–water partition coefficient (Wildman–Crippen LogP) is 6.33. The van der Waals surface area contributed by atoms with E-state index < -0.39 is 5.41 Å². The zero-order valence-electron chi connectivity index (χ0n) is 19.9. The van der Waals surface area contributed by atoms with Crippen molar-refractivity contribution in [1.82, 2.24) is 9.97 Å². The summed E-state index contributed by atoms with van der Waals surface area (Å²) >= 11 is 0. The van der Waals surface area contributed by atoms with Crippen LogP contribution in [-0.4, -0.2) is 15.9 Å². The highest BCUT2D eigenvalue weighted by Crippen LogP contribution is 2.56. The first-order valence-corrected chi connectivity index (χ1v) is 12.1. The summed E-state index contributed by atoms with van der Waals surface area (Å²) < 4.78 is 13.9. The van der Waals surface area contributed by atoms with E-state index in [1.54, 1.807) is 25.3 Å². The van der Waals surface area contributed by atoms with Crippen LogP contribution in [-0.2, 0) is 4.79 Å². The fourth-order valence-electron chi connectivity index (χ4n) is 6.10. The summed E-state index contributed by atoms with van der Waals surface area (Å²) in [7, 11) is 0. The van der Waals surface area contributed by atoms with Gasteiger partial charge in [0, 0.05) is 17.0 Å². The Bertz CT molecular complexity index is 1270. The quantitative estimate of drug-likeness (QED) is 0.468. The SMILES string of the molecule is CC#Cc1ccc(NC(=O)C(C)(C)C2CC3CC(c4ccnc5ccc(F)cc45)CC3C2)cn1. The van der Waals surface area contributed by atoms with Crippen LogP contribution in [0.25, 0.3) is 10.9 Å². The van der Waals surface area contributed by atoms with E-state index >= 15 is 0 Å². The highest BCUT2D eigenvalue weighted by Gasteiger charge is 2.48. The summed E-state index contributed by atoms with van der Waals surface area (Å²) in [4.78, 5) is 21.9. The molecule has 5 heteroatoms. The number of pyridine rings is 2. The maximum absolute atomic E-state index is 13.9. The predicted molar refractivity (Wildman–Crippen MR) is 133 cm³/mol. The normalized spacial score (nSPS) is 23.9. The van der Waals surface area contributed by atoms with Crippen LogP contribution in [0.4, 0.5) is 10.1 Å². The van der Waals surface area contributed by atoms with Gasteiger partial charge in [-0.2, -0.15) is 0 Å². The Morgan fingerprint density at radius 3 is 2.50 bits per heavy atom. The zero-order valence-corrected chi connectivity index (χ0v) is 19.9. The third kappa shape index (κ3) is 4.18. The molecule has 2 unspecified atom stereocenters. The number of fused-ring (bicyclic) bond motifs is 2. The Balaban J connectivity index is 1.25. The summed E-state index contributed by atoms with van der Waals surface area (Å²) in [6.07, 6.45) is 7.82. The molecule has 5 rings (SSSR count).